The van der Waals surface area contributed by atoms with E-state index in [2.05, 4.69) is 65.6 Å². The lowest BCUT2D eigenvalue weighted by Crippen LogP contribution is -2.54. The first-order valence-corrected chi connectivity index (χ1v) is 9.72. The van der Waals surface area contributed by atoms with Crippen molar-refractivity contribution in [2.45, 2.75) is 57.0 Å². The quantitative estimate of drug-likeness (QED) is 0.715. The number of rotatable bonds is 6. The number of hydrogen-bond donors (Lipinski definition) is 0. The molecule has 5 rings (SSSR count). The molecule has 1 nitrogen and oxygen atoms in total. The molecule has 0 amide bonds. The maximum atomic E-state index is 2.87. The lowest BCUT2D eigenvalue weighted by Gasteiger charge is -2.51. The van der Waals surface area contributed by atoms with Crippen LogP contribution >= 0.6 is 0 Å². The second-order valence-corrected chi connectivity index (χ2v) is 7.72. The third-order valence-electron chi connectivity index (χ3n) is 6.16. The maximum absolute atomic E-state index is 2.87. The molecule has 0 N–H and O–H groups in total. The largest absolute Gasteiger partial charge is 0.297 e. The van der Waals surface area contributed by atoms with Crippen LogP contribution in [0.4, 0.5) is 0 Å². The predicted molar refractivity (Wildman–Crippen MR) is 101 cm³/mol. The molecular formula is C23H29N. The number of piperidine rings is 3. The van der Waals surface area contributed by atoms with Crippen molar-refractivity contribution >= 4 is 0 Å². The molecule has 3 aliphatic heterocycles. The zero-order valence-corrected chi connectivity index (χ0v) is 14.6. The highest BCUT2D eigenvalue weighted by atomic mass is 15.2. The van der Waals surface area contributed by atoms with Gasteiger partial charge in [0.15, 0.2) is 0 Å². The topological polar surface area (TPSA) is 3.24 Å². The summed E-state index contributed by atoms with van der Waals surface area (Å²) in [6.45, 7) is 1.34. The first kappa shape index (κ1) is 15.9. The molecule has 2 unspecified atom stereocenters. The molecule has 2 aromatic rings. The first-order valence-electron chi connectivity index (χ1n) is 9.72. The highest BCUT2D eigenvalue weighted by molar-refractivity contribution is 5.16. The molecule has 1 heteroatoms. The summed E-state index contributed by atoms with van der Waals surface area (Å²) in [5.41, 5.74) is 3.00. The number of nitrogens with zero attached hydrogens (tertiary/aromatic N) is 1. The summed E-state index contributed by atoms with van der Waals surface area (Å²) >= 11 is 0. The van der Waals surface area contributed by atoms with Crippen molar-refractivity contribution in [2.24, 2.45) is 5.92 Å². The Morgan fingerprint density at radius 2 is 1.21 bits per heavy atom. The highest BCUT2D eigenvalue weighted by Crippen LogP contribution is 2.39. The molecule has 0 radical (unpaired) electrons. The van der Waals surface area contributed by atoms with E-state index in [9.17, 15) is 0 Å². The third-order valence-corrected chi connectivity index (χ3v) is 6.16. The van der Waals surface area contributed by atoms with E-state index < -0.39 is 0 Å². The number of hydrogen-bond acceptors (Lipinski definition) is 1. The van der Waals surface area contributed by atoms with Gasteiger partial charge in [-0.15, -0.1) is 0 Å². The van der Waals surface area contributed by atoms with Crippen molar-refractivity contribution in [3.63, 3.8) is 0 Å². The van der Waals surface area contributed by atoms with Crippen molar-refractivity contribution in [1.29, 1.82) is 0 Å². The molecule has 0 aliphatic carbocycles. The van der Waals surface area contributed by atoms with Gasteiger partial charge in [0.05, 0.1) is 0 Å². The lowest BCUT2D eigenvalue weighted by atomic mass is 9.76. The Morgan fingerprint density at radius 1 is 0.708 bits per heavy atom. The average Bonchev–Trinajstić information content (AvgIpc) is 2.67. The van der Waals surface area contributed by atoms with E-state index in [-0.39, 0.29) is 0 Å². The van der Waals surface area contributed by atoms with Crippen LogP contribution in [0.1, 0.15) is 43.2 Å². The van der Waals surface area contributed by atoms with E-state index in [4.69, 9.17) is 0 Å². The first-order chi connectivity index (χ1) is 11.9. The Morgan fingerprint density at radius 3 is 1.67 bits per heavy atom. The Hall–Kier alpha value is -1.60. The monoisotopic (exact) mass is 319 g/mol. The minimum atomic E-state index is 0.818. The van der Waals surface area contributed by atoms with Gasteiger partial charge < -0.3 is 0 Å². The van der Waals surface area contributed by atoms with Crippen molar-refractivity contribution in [3.05, 3.63) is 71.8 Å². The van der Waals surface area contributed by atoms with E-state index >= 15 is 0 Å². The van der Waals surface area contributed by atoms with E-state index in [1.165, 1.54) is 62.6 Å². The minimum Gasteiger partial charge on any atom is -0.297 e. The summed E-state index contributed by atoms with van der Waals surface area (Å²) in [4.78, 5) is 2.87. The van der Waals surface area contributed by atoms with E-state index in [0.717, 1.165) is 18.0 Å². The normalized spacial score (nSPS) is 28.8. The standard InChI is InChI=1S/C23H29N/c1-3-7-19(8-4-1)11-13-22-17-21-15-16-24(22)23(18-21)14-12-20-9-5-2-6-10-20/h1-10,21-23H,11-18H2/t21?,22-,23+. The molecule has 0 saturated carbocycles. The molecule has 126 valence electrons. The van der Waals surface area contributed by atoms with E-state index in [0.29, 0.717) is 0 Å². The summed E-state index contributed by atoms with van der Waals surface area (Å²) < 4.78 is 0. The summed E-state index contributed by atoms with van der Waals surface area (Å²) in [5, 5.41) is 0. The molecule has 0 aromatic heterocycles. The Labute approximate surface area is 146 Å². The molecular weight excluding hydrogens is 290 g/mol. The van der Waals surface area contributed by atoms with Gasteiger partial charge in [-0.25, -0.2) is 0 Å². The fourth-order valence-electron chi connectivity index (χ4n) is 4.89. The molecule has 2 bridgehead atoms. The SMILES string of the molecule is c1ccc(CC[C@@H]2CC3CCN2[C@@H](CCc2ccccc2)C3)cc1. The summed E-state index contributed by atoms with van der Waals surface area (Å²) in [5.74, 6) is 0.983. The van der Waals surface area contributed by atoms with Crippen LogP contribution in [-0.4, -0.2) is 23.5 Å². The summed E-state index contributed by atoms with van der Waals surface area (Å²) in [7, 11) is 0. The van der Waals surface area contributed by atoms with Crippen LogP contribution in [0.3, 0.4) is 0 Å². The summed E-state index contributed by atoms with van der Waals surface area (Å²) in [6, 6.07) is 23.7. The third kappa shape index (κ3) is 3.72. The molecule has 0 spiro atoms. The second-order valence-electron chi connectivity index (χ2n) is 7.72. The van der Waals surface area contributed by atoms with Crippen LogP contribution in [0.15, 0.2) is 60.7 Å². The predicted octanol–water partition coefficient (Wildman–Crippen LogP) is 5.10. The highest BCUT2D eigenvalue weighted by Gasteiger charge is 2.39. The zero-order chi connectivity index (χ0) is 16.2. The Bertz CT molecular complexity index is 567. The Kier molecular flexibility index (Phi) is 4.99. The fraction of sp³-hybridized carbons (Fsp3) is 0.478. The van der Waals surface area contributed by atoms with E-state index in [1.54, 1.807) is 0 Å². The van der Waals surface area contributed by atoms with Gasteiger partial charge in [0.25, 0.3) is 0 Å². The fourth-order valence-corrected chi connectivity index (χ4v) is 4.89. The van der Waals surface area contributed by atoms with E-state index in [1.807, 2.05) is 0 Å². The molecule has 3 saturated heterocycles. The van der Waals surface area contributed by atoms with Crippen LogP contribution in [0, 0.1) is 5.92 Å². The summed E-state index contributed by atoms with van der Waals surface area (Å²) in [6.07, 6.45) is 9.46. The molecule has 4 atom stereocenters. The van der Waals surface area contributed by atoms with Crippen LogP contribution in [0.5, 0.6) is 0 Å². The Balaban J connectivity index is 1.35. The molecule has 3 fully saturated rings. The van der Waals surface area contributed by atoms with Gasteiger partial charge >= 0.3 is 0 Å². The van der Waals surface area contributed by atoms with Crippen molar-refractivity contribution in [3.8, 4) is 0 Å². The van der Waals surface area contributed by atoms with Crippen LogP contribution in [-0.2, 0) is 12.8 Å². The van der Waals surface area contributed by atoms with Crippen molar-refractivity contribution in [2.75, 3.05) is 6.54 Å². The number of aryl methyl sites for hydroxylation is 2. The minimum absolute atomic E-state index is 0.818. The second kappa shape index (κ2) is 7.53. The molecule has 3 aliphatic rings. The smallest absolute Gasteiger partial charge is 0.0104 e. The van der Waals surface area contributed by atoms with Gasteiger partial charge in [-0.3, -0.25) is 4.90 Å². The van der Waals surface area contributed by atoms with Crippen molar-refractivity contribution in [1.82, 2.24) is 4.90 Å². The average molecular weight is 319 g/mol. The van der Waals surface area contributed by atoms with Crippen LogP contribution in [0.2, 0.25) is 0 Å². The van der Waals surface area contributed by atoms with Gasteiger partial charge in [-0.2, -0.15) is 0 Å². The zero-order valence-electron chi connectivity index (χ0n) is 14.6. The van der Waals surface area contributed by atoms with Crippen LogP contribution in [0.25, 0.3) is 0 Å². The number of benzene rings is 2. The number of fused-ring (bicyclic) bond motifs is 3. The molecule has 3 heterocycles. The molecule has 24 heavy (non-hydrogen) atoms. The molecule has 2 aromatic carbocycles. The maximum Gasteiger partial charge on any atom is 0.0104 e. The lowest BCUT2D eigenvalue weighted by molar-refractivity contribution is -0.00965. The van der Waals surface area contributed by atoms with Gasteiger partial charge in [-0.05, 0) is 68.5 Å². The van der Waals surface area contributed by atoms with Gasteiger partial charge in [0, 0.05) is 12.1 Å². The van der Waals surface area contributed by atoms with Gasteiger partial charge in [0.1, 0.15) is 0 Å². The van der Waals surface area contributed by atoms with Crippen LogP contribution < -0.4 is 0 Å². The van der Waals surface area contributed by atoms with Gasteiger partial charge in [0.2, 0.25) is 0 Å². The van der Waals surface area contributed by atoms with Gasteiger partial charge in [-0.1, -0.05) is 60.7 Å². The van der Waals surface area contributed by atoms with Crippen molar-refractivity contribution < 1.29 is 0 Å².